The van der Waals surface area contributed by atoms with Crippen molar-refractivity contribution >= 4 is 21.2 Å². The molecule has 0 aliphatic heterocycles. The Bertz CT molecular complexity index is 651. The average Bonchev–Trinajstić information content (AvgIpc) is 3.00. The number of benzene rings is 1. The summed E-state index contributed by atoms with van der Waals surface area (Å²) in [6, 6.07) is 10.8. The van der Waals surface area contributed by atoms with Crippen LogP contribution >= 0.6 is 11.3 Å². The van der Waals surface area contributed by atoms with Crippen molar-refractivity contribution in [2.75, 3.05) is 19.0 Å². The summed E-state index contributed by atoms with van der Waals surface area (Å²) in [5.41, 5.74) is 6.34. The Morgan fingerprint density at radius 2 is 2.00 bits per heavy atom. The molecule has 0 atom stereocenters. The molecule has 4 nitrogen and oxygen atoms in total. The van der Waals surface area contributed by atoms with Crippen molar-refractivity contribution in [3.63, 3.8) is 0 Å². The van der Waals surface area contributed by atoms with Gasteiger partial charge in [-0.25, -0.2) is 8.42 Å². The van der Waals surface area contributed by atoms with Gasteiger partial charge in [0.15, 0.2) is 9.84 Å². The maximum absolute atomic E-state index is 12.2. The van der Waals surface area contributed by atoms with Gasteiger partial charge < -0.3 is 10.5 Å². The Morgan fingerprint density at radius 3 is 2.71 bits per heavy atom. The van der Waals surface area contributed by atoms with Crippen LogP contribution in [0.4, 0.5) is 0 Å². The molecule has 0 spiro atoms. The predicted molar refractivity (Wildman–Crippen MR) is 85.2 cm³/mol. The zero-order valence-corrected chi connectivity index (χ0v) is 13.3. The fraction of sp³-hybridized carbons (Fsp3) is 0.333. The van der Waals surface area contributed by atoms with Crippen molar-refractivity contribution in [3.05, 3.63) is 52.2 Å². The van der Waals surface area contributed by atoms with Gasteiger partial charge in [0, 0.05) is 17.8 Å². The van der Waals surface area contributed by atoms with Gasteiger partial charge in [0.1, 0.15) is 0 Å². The highest BCUT2D eigenvalue weighted by Gasteiger charge is 2.14. The van der Waals surface area contributed by atoms with Crippen molar-refractivity contribution < 1.29 is 13.2 Å². The Kier molecular flexibility index (Phi) is 5.93. The number of ether oxygens (including phenoxy) is 1. The minimum Gasteiger partial charge on any atom is -0.380 e. The fourth-order valence-corrected chi connectivity index (χ4v) is 3.76. The molecule has 1 heterocycles. The molecule has 0 amide bonds. The van der Waals surface area contributed by atoms with Crippen LogP contribution < -0.4 is 5.73 Å². The highest BCUT2D eigenvalue weighted by atomic mass is 32.2. The van der Waals surface area contributed by atoms with Crippen LogP contribution in [0.15, 0.2) is 46.7 Å². The van der Waals surface area contributed by atoms with Crippen molar-refractivity contribution in [1.82, 2.24) is 0 Å². The Morgan fingerprint density at radius 1 is 1.14 bits per heavy atom. The third-order valence-corrected chi connectivity index (χ3v) is 5.68. The molecular formula is C15H19NO3S2. The molecule has 0 aliphatic rings. The lowest BCUT2D eigenvalue weighted by Crippen LogP contribution is -2.14. The lowest BCUT2D eigenvalue weighted by Gasteiger charge is -2.07. The van der Waals surface area contributed by atoms with Crippen molar-refractivity contribution in [1.29, 1.82) is 0 Å². The van der Waals surface area contributed by atoms with E-state index in [1.54, 1.807) is 29.5 Å². The van der Waals surface area contributed by atoms with Crippen LogP contribution in [0.3, 0.4) is 0 Å². The van der Waals surface area contributed by atoms with Crippen molar-refractivity contribution in [3.8, 4) is 0 Å². The van der Waals surface area contributed by atoms with Gasteiger partial charge in [-0.15, -0.1) is 11.3 Å². The van der Waals surface area contributed by atoms with E-state index in [0.717, 1.165) is 12.0 Å². The number of hydrogen-bond acceptors (Lipinski definition) is 5. The highest BCUT2D eigenvalue weighted by molar-refractivity contribution is 7.91. The summed E-state index contributed by atoms with van der Waals surface area (Å²) in [6.07, 6.45) is 0.820. The van der Waals surface area contributed by atoms with E-state index in [-0.39, 0.29) is 12.4 Å². The van der Waals surface area contributed by atoms with Gasteiger partial charge in [-0.2, -0.15) is 0 Å². The fourth-order valence-electron chi connectivity index (χ4n) is 1.88. The minimum absolute atomic E-state index is 0.00847. The summed E-state index contributed by atoms with van der Waals surface area (Å²) in [5.74, 6) is -0.00847. The number of sulfone groups is 1. The first kappa shape index (κ1) is 16.2. The van der Waals surface area contributed by atoms with Gasteiger partial charge in [0.05, 0.1) is 23.9 Å². The quantitative estimate of drug-likeness (QED) is 0.756. The normalized spacial score (nSPS) is 11.7. The molecule has 0 bridgehead atoms. The smallest absolute Gasteiger partial charge is 0.180 e. The molecule has 0 saturated heterocycles. The standard InChI is InChI=1S/C15H19NO3S2/c16-12-13-3-1-5-15(11-13)21(17,18)10-8-19-7-6-14-4-2-9-20-14/h1-5,9,11H,6-8,10,12,16H2. The summed E-state index contributed by atoms with van der Waals surface area (Å²) in [5, 5.41) is 2.02. The van der Waals surface area contributed by atoms with Crippen LogP contribution in [0.5, 0.6) is 0 Å². The summed E-state index contributed by atoms with van der Waals surface area (Å²) in [6.45, 7) is 1.08. The van der Waals surface area contributed by atoms with E-state index in [1.807, 2.05) is 23.6 Å². The second-order valence-corrected chi connectivity index (χ2v) is 7.75. The van der Waals surface area contributed by atoms with Gasteiger partial charge in [-0.3, -0.25) is 0 Å². The molecule has 0 unspecified atom stereocenters. The monoisotopic (exact) mass is 325 g/mol. The van der Waals surface area contributed by atoms with Crippen LogP contribution in [-0.2, 0) is 27.5 Å². The minimum atomic E-state index is -3.31. The molecule has 1 aromatic carbocycles. The third kappa shape index (κ3) is 4.93. The first-order chi connectivity index (χ1) is 10.1. The van der Waals surface area contributed by atoms with Crippen LogP contribution in [0, 0.1) is 0 Å². The van der Waals surface area contributed by atoms with Gasteiger partial charge in [-0.05, 0) is 29.1 Å². The van der Waals surface area contributed by atoms with Gasteiger partial charge >= 0.3 is 0 Å². The molecule has 2 rings (SSSR count). The number of hydrogen-bond donors (Lipinski definition) is 1. The van der Waals surface area contributed by atoms with E-state index < -0.39 is 9.84 Å². The van der Waals surface area contributed by atoms with E-state index in [4.69, 9.17) is 10.5 Å². The van der Waals surface area contributed by atoms with Crippen molar-refractivity contribution in [2.45, 2.75) is 17.9 Å². The zero-order chi connectivity index (χ0) is 15.1. The SMILES string of the molecule is NCc1cccc(S(=O)(=O)CCOCCc2cccs2)c1. The Balaban J connectivity index is 1.80. The molecule has 2 aromatic rings. The predicted octanol–water partition coefficient (Wildman–Crippen LogP) is 2.24. The third-order valence-electron chi connectivity index (χ3n) is 3.06. The van der Waals surface area contributed by atoms with E-state index >= 15 is 0 Å². The van der Waals surface area contributed by atoms with Crippen LogP contribution in [-0.4, -0.2) is 27.4 Å². The van der Waals surface area contributed by atoms with Crippen molar-refractivity contribution in [2.24, 2.45) is 5.73 Å². The summed E-state index contributed by atoms with van der Waals surface area (Å²) >= 11 is 1.68. The van der Waals surface area contributed by atoms with E-state index in [9.17, 15) is 8.42 Å². The molecule has 0 radical (unpaired) electrons. The van der Waals surface area contributed by atoms with Crippen LogP contribution in [0.2, 0.25) is 0 Å². The number of rotatable bonds is 8. The maximum Gasteiger partial charge on any atom is 0.180 e. The molecule has 0 fully saturated rings. The summed E-state index contributed by atoms with van der Waals surface area (Å²) < 4.78 is 29.8. The van der Waals surface area contributed by atoms with Crippen LogP contribution in [0.1, 0.15) is 10.4 Å². The second-order valence-electron chi connectivity index (χ2n) is 4.61. The van der Waals surface area contributed by atoms with Gasteiger partial charge in [0.2, 0.25) is 0 Å². The molecule has 0 saturated carbocycles. The number of thiophene rings is 1. The lowest BCUT2D eigenvalue weighted by molar-refractivity contribution is 0.153. The maximum atomic E-state index is 12.2. The Labute approximate surface area is 129 Å². The first-order valence-electron chi connectivity index (χ1n) is 6.74. The van der Waals surface area contributed by atoms with Crippen LogP contribution in [0.25, 0.3) is 0 Å². The molecular weight excluding hydrogens is 306 g/mol. The summed E-state index contributed by atoms with van der Waals surface area (Å²) in [4.78, 5) is 1.56. The van der Waals surface area contributed by atoms with Gasteiger partial charge in [-0.1, -0.05) is 18.2 Å². The Hall–Kier alpha value is -1.21. The molecule has 21 heavy (non-hydrogen) atoms. The lowest BCUT2D eigenvalue weighted by atomic mass is 10.2. The second kappa shape index (κ2) is 7.70. The van der Waals surface area contributed by atoms with E-state index in [1.165, 1.54) is 4.88 Å². The molecule has 2 N–H and O–H groups in total. The first-order valence-corrected chi connectivity index (χ1v) is 9.27. The number of nitrogens with two attached hydrogens (primary N) is 1. The highest BCUT2D eigenvalue weighted by Crippen LogP contribution is 2.13. The molecule has 6 heteroatoms. The van der Waals surface area contributed by atoms with E-state index in [0.29, 0.717) is 18.0 Å². The zero-order valence-electron chi connectivity index (χ0n) is 11.7. The summed E-state index contributed by atoms with van der Waals surface area (Å²) in [7, 11) is -3.31. The molecule has 0 aliphatic carbocycles. The topological polar surface area (TPSA) is 69.4 Å². The van der Waals surface area contributed by atoms with Gasteiger partial charge in [0.25, 0.3) is 0 Å². The van der Waals surface area contributed by atoms with E-state index in [2.05, 4.69) is 0 Å². The molecule has 114 valence electrons. The molecule has 1 aromatic heterocycles. The average molecular weight is 325 g/mol. The largest absolute Gasteiger partial charge is 0.380 e.